The van der Waals surface area contributed by atoms with Crippen molar-refractivity contribution in [1.29, 1.82) is 0 Å². The lowest BCUT2D eigenvalue weighted by Gasteiger charge is -2.31. The number of pyridine rings is 1. The second kappa shape index (κ2) is 9.36. The predicted molar refractivity (Wildman–Crippen MR) is 115 cm³/mol. The second-order valence-corrected chi connectivity index (χ2v) is 9.89. The molecule has 0 aromatic carbocycles. The minimum absolute atomic E-state index is 0.0203. The van der Waals surface area contributed by atoms with E-state index < -0.39 is 10.2 Å². The SMILES string of the molecule is O=c1ccc(-c2cccnc2)nn1C1CCC(NS(=O)(=O)N2CCCCCC2)CC1. The Hall–Kier alpha value is -2.10. The Balaban J connectivity index is 1.40. The van der Waals surface area contributed by atoms with E-state index in [-0.39, 0.29) is 17.6 Å². The highest BCUT2D eigenvalue weighted by atomic mass is 32.2. The highest BCUT2D eigenvalue weighted by Crippen LogP contribution is 2.28. The molecule has 2 aliphatic rings. The first kappa shape index (κ1) is 21.1. The van der Waals surface area contributed by atoms with Gasteiger partial charge in [-0.05, 0) is 56.7 Å². The Morgan fingerprint density at radius 1 is 0.967 bits per heavy atom. The molecule has 1 saturated heterocycles. The van der Waals surface area contributed by atoms with Gasteiger partial charge in [0, 0.05) is 43.2 Å². The van der Waals surface area contributed by atoms with Gasteiger partial charge in [0.2, 0.25) is 0 Å². The third-order valence-corrected chi connectivity index (χ3v) is 7.72. The first-order valence-electron chi connectivity index (χ1n) is 10.8. The Kier molecular flexibility index (Phi) is 6.60. The van der Waals surface area contributed by atoms with Gasteiger partial charge in [0.1, 0.15) is 0 Å². The van der Waals surface area contributed by atoms with E-state index >= 15 is 0 Å². The van der Waals surface area contributed by atoms with Gasteiger partial charge in [-0.3, -0.25) is 9.78 Å². The Morgan fingerprint density at radius 3 is 2.37 bits per heavy atom. The van der Waals surface area contributed by atoms with Crippen LogP contribution in [0, 0.1) is 0 Å². The maximum Gasteiger partial charge on any atom is 0.279 e. The van der Waals surface area contributed by atoms with E-state index in [4.69, 9.17) is 0 Å². The number of rotatable bonds is 5. The van der Waals surface area contributed by atoms with Crippen LogP contribution in [0.1, 0.15) is 57.4 Å². The normalized spacial score (nSPS) is 23.7. The van der Waals surface area contributed by atoms with E-state index in [2.05, 4.69) is 14.8 Å². The maximum absolute atomic E-state index is 12.8. The van der Waals surface area contributed by atoms with Gasteiger partial charge in [0.15, 0.2) is 0 Å². The first-order chi connectivity index (χ1) is 14.5. The molecule has 0 bridgehead atoms. The van der Waals surface area contributed by atoms with Crippen molar-refractivity contribution in [2.45, 2.75) is 63.5 Å². The first-order valence-corrected chi connectivity index (χ1v) is 12.2. The summed E-state index contributed by atoms with van der Waals surface area (Å²) < 4.78 is 31.6. The van der Waals surface area contributed by atoms with E-state index in [1.165, 1.54) is 0 Å². The van der Waals surface area contributed by atoms with Crippen molar-refractivity contribution in [3.63, 3.8) is 0 Å². The number of hydrogen-bond donors (Lipinski definition) is 1. The van der Waals surface area contributed by atoms with Crippen molar-refractivity contribution in [3.8, 4) is 11.3 Å². The van der Waals surface area contributed by atoms with Crippen LogP contribution in [0.4, 0.5) is 0 Å². The lowest BCUT2D eigenvalue weighted by atomic mass is 9.92. The topological polar surface area (TPSA) is 97.2 Å². The quantitative estimate of drug-likeness (QED) is 0.784. The molecular formula is C21H29N5O3S. The molecule has 0 unspecified atom stereocenters. The summed E-state index contributed by atoms with van der Waals surface area (Å²) in [6.07, 6.45) is 10.3. The Labute approximate surface area is 177 Å². The predicted octanol–water partition coefficient (Wildman–Crippen LogP) is 2.50. The van der Waals surface area contributed by atoms with Crippen LogP contribution in [0.15, 0.2) is 41.5 Å². The minimum Gasteiger partial charge on any atom is -0.268 e. The van der Waals surface area contributed by atoms with Crippen molar-refractivity contribution >= 4 is 10.2 Å². The molecule has 1 saturated carbocycles. The zero-order chi connectivity index (χ0) is 21.0. The summed E-state index contributed by atoms with van der Waals surface area (Å²) in [5.41, 5.74) is 1.45. The maximum atomic E-state index is 12.8. The number of aromatic nitrogens is 3. The van der Waals surface area contributed by atoms with Gasteiger partial charge in [0.25, 0.3) is 15.8 Å². The molecule has 0 radical (unpaired) electrons. The van der Waals surface area contributed by atoms with Crippen molar-refractivity contribution < 1.29 is 8.42 Å². The highest BCUT2D eigenvalue weighted by molar-refractivity contribution is 7.87. The van der Waals surface area contributed by atoms with E-state index in [0.717, 1.165) is 44.1 Å². The summed E-state index contributed by atoms with van der Waals surface area (Å²) in [5.74, 6) is 0. The van der Waals surface area contributed by atoms with Gasteiger partial charge in [-0.2, -0.15) is 22.5 Å². The Bertz CT molecular complexity index is 993. The summed E-state index contributed by atoms with van der Waals surface area (Å²) in [7, 11) is -3.45. The van der Waals surface area contributed by atoms with Gasteiger partial charge < -0.3 is 0 Å². The average Bonchev–Trinajstić information content (AvgIpc) is 3.06. The molecule has 3 heterocycles. The van der Waals surface area contributed by atoms with E-state index in [1.54, 1.807) is 33.5 Å². The van der Waals surface area contributed by atoms with Gasteiger partial charge in [-0.15, -0.1) is 0 Å². The summed E-state index contributed by atoms with van der Waals surface area (Å²) >= 11 is 0. The number of nitrogens with zero attached hydrogens (tertiary/aromatic N) is 4. The fraction of sp³-hybridized carbons (Fsp3) is 0.571. The molecule has 0 atom stereocenters. The third kappa shape index (κ3) is 4.96. The zero-order valence-electron chi connectivity index (χ0n) is 17.1. The average molecular weight is 432 g/mol. The van der Waals surface area contributed by atoms with Crippen LogP contribution < -0.4 is 10.3 Å². The largest absolute Gasteiger partial charge is 0.279 e. The molecule has 9 heteroatoms. The van der Waals surface area contributed by atoms with Crippen molar-refractivity contribution in [2.75, 3.05) is 13.1 Å². The Morgan fingerprint density at radius 2 is 1.70 bits per heavy atom. The summed E-state index contributed by atoms with van der Waals surface area (Å²) in [5, 5.41) is 4.57. The molecule has 2 aromatic rings. The standard InChI is InChI=1S/C21H29N5O3S/c27-21-12-11-20(17-6-5-13-22-16-17)23-26(21)19-9-7-18(8-10-19)24-30(28,29)25-14-3-1-2-4-15-25/h5-6,11-13,16,18-19,24H,1-4,7-10,14-15H2. The van der Waals surface area contributed by atoms with Crippen LogP contribution in [0.3, 0.4) is 0 Å². The molecular weight excluding hydrogens is 402 g/mol. The zero-order valence-corrected chi connectivity index (χ0v) is 17.9. The van der Waals surface area contributed by atoms with Crippen molar-refractivity contribution in [2.24, 2.45) is 0 Å². The molecule has 1 aliphatic heterocycles. The summed E-state index contributed by atoms with van der Waals surface area (Å²) in [6.45, 7) is 1.20. The van der Waals surface area contributed by atoms with Gasteiger partial charge in [-0.1, -0.05) is 12.8 Å². The number of nitrogens with one attached hydrogen (secondary N) is 1. The van der Waals surface area contributed by atoms with Crippen LogP contribution in [0.25, 0.3) is 11.3 Å². The van der Waals surface area contributed by atoms with Crippen LogP contribution >= 0.6 is 0 Å². The van der Waals surface area contributed by atoms with Crippen molar-refractivity contribution in [3.05, 3.63) is 47.0 Å². The van der Waals surface area contributed by atoms with Crippen LogP contribution in [0.5, 0.6) is 0 Å². The molecule has 1 aliphatic carbocycles. The molecule has 8 nitrogen and oxygen atoms in total. The van der Waals surface area contributed by atoms with E-state index in [1.807, 2.05) is 12.1 Å². The third-order valence-electron chi connectivity index (χ3n) is 6.05. The second-order valence-electron chi connectivity index (χ2n) is 8.18. The molecule has 0 amide bonds. The fourth-order valence-electron chi connectivity index (χ4n) is 4.36. The summed E-state index contributed by atoms with van der Waals surface area (Å²) in [4.78, 5) is 16.5. The lowest BCUT2D eigenvalue weighted by molar-refractivity contribution is 0.282. The van der Waals surface area contributed by atoms with Crippen LogP contribution in [-0.4, -0.2) is 46.6 Å². The summed E-state index contributed by atoms with van der Waals surface area (Å²) in [6, 6.07) is 6.91. The molecule has 162 valence electrons. The van der Waals surface area contributed by atoms with Crippen LogP contribution in [-0.2, 0) is 10.2 Å². The minimum atomic E-state index is -3.45. The number of hydrogen-bond acceptors (Lipinski definition) is 5. The van der Waals surface area contributed by atoms with Gasteiger partial charge in [0.05, 0.1) is 11.7 Å². The van der Waals surface area contributed by atoms with E-state index in [9.17, 15) is 13.2 Å². The molecule has 1 N–H and O–H groups in total. The molecule has 30 heavy (non-hydrogen) atoms. The molecule has 2 fully saturated rings. The smallest absolute Gasteiger partial charge is 0.268 e. The fourth-order valence-corrected chi connectivity index (χ4v) is 5.91. The molecule has 2 aromatic heterocycles. The van der Waals surface area contributed by atoms with E-state index in [0.29, 0.717) is 31.6 Å². The lowest BCUT2D eigenvalue weighted by Crippen LogP contribution is -2.47. The van der Waals surface area contributed by atoms with Crippen LogP contribution in [0.2, 0.25) is 0 Å². The van der Waals surface area contributed by atoms with Gasteiger partial charge >= 0.3 is 0 Å². The highest BCUT2D eigenvalue weighted by Gasteiger charge is 2.30. The van der Waals surface area contributed by atoms with Crippen molar-refractivity contribution in [1.82, 2.24) is 23.8 Å². The monoisotopic (exact) mass is 431 g/mol. The van der Waals surface area contributed by atoms with Gasteiger partial charge in [-0.25, -0.2) is 4.68 Å². The molecule has 0 spiro atoms. The molecule has 4 rings (SSSR count).